The Hall–Kier alpha value is -5.48. The van der Waals surface area contributed by atoms with Gasteiger partial charge >= 0.3 is 0 Å². The second-order valence-electron chi connectivity index (χ2n) is 17.4. The summed E-state index contributed by atoms with van der Waals surface area (Å²) >= 11 is 0. The Bertz CT molecular complexity index is 1870. The molecule has 0 saturated carbocycles. The minimum Gasteiger partial charge on any atom is -0.492 e. The highest BCUT2D eigenvalue weighted by Crippen LogP contribution is 2.38. The van der Waals surface area contributed by atoms with Crippen LogP contribution < -0.4 is 20.1 Å². The van der Waals surface area contributed by atoms with E-state index >= 15 is 0 Å². The smallest absolute Gasteiger partial charge is 0.119 e. The molecular weight excluding hydrogens is 685 g/mol. The largest absolute Gasteiger partial charge is 0.492 e. The molecule has 0 aliphatic carbocycles. The third kappa shape index (κ3) is 8.07. The van der Waals surface area contributed by atoms with E-state index in [1.54, 1.807) is 0 Å². The maximum Gasteiger partial charge on any atom is 0.119 e. The van der Waals surface area contributed by atoms with Gasteiger partial charge < -0.3 is 20.1 Å². The number of hydrogen-bond donors (Lipinski definition) is 2. The maximum atomic E-state index is 6.15. The summed E-state index contributed by atoms with van der Waals surface area (Å²) in [5.74, 6) is 1.76. The first-order valence-electron chi connectivity index (χ1n) is 20.1. The molecule has 0 aromatic heterocycles. The number of rotatable bonds is 0. The van der Waals surface area contributed by atoms with Gasteiger partial charge in [0.2, 0.25) is 0 Å². The highest BCUT2D eigenvalue weighted by atomic mass is 16.5. The molecule has 0 spiro atoms. The molecule has 0 fully saturated rings. The number of nitrogens with one attached hydrogen (secondary N) is 2. The number of ether oxygens (including phenoxy) is 2. The lowest BCUT2D eigenvalue weighted by atomic mass is 9.74. The molecule has 0 atom stereocenters. The molecule has 0 amide bonds. The molecule has 12 bridgehead atoms. The second-order valence-corrected chi connectivity index (χ2v) is 17.4. The van der Waals surface area contributed by atoms with Crippen molar-refractivity contribution in [2.45, 2.75) is 77.0 Å². The standard InChI is InChI=1S/C52H58N2O2/c1-49(2)37-9-11-38(12-10-37)50(3,4)42-19-27-46(28-20-42)54-34-36-56-48-31-23-44(24-32-48)52(7,8)40-15-13-39(14-16-40)51(5,6)43-21-29-47(30-22-43)55-35-33-53-45-25-17-41(49)18-26-45/h9-32,53-54H,33-36H2,1-8H3. The average Bonchev–Trinajstić information content (AvgIpc) is 3.21. The summed E-state index contributed by atoms with van der Waals surface area (Å²) in [5.41, 5.74) is 11.8. The van der Waals surface area contributed by atoms with E-state index < -0.39 is 0 Å². The molecule has 0 radical (unpaired) electrons. The zero-order valence-corrected chi connectivity index (χ0v) is 34.5. The first-order valence-corrected chi connectivity index (χ1v) is 20.1. The molecule has 10 aliphatic heterocycles. The van der Waals surface area contributed by atoms with Crippen LogP contribution in [0.25, 0.3) is 0 Å². The lowest BCUT2D eigenvalue weighted by molar-refractivity contribution is 0.332. The number of anilines is 2. The molecule has 288 valence electrons. The Balaban J connectivity index is 1.11. The van der Waals surface area contributed by atoms with Gasteiger partial charge in [-0.25, -0.2) is 0 Å². The number of hydrogen-bond acceptors (Lipinski definition) is 4. The summed E-state index contributed by atoms with van der Waals surface area (Å²) in [6.45, 7) is 20.9. The predicted molar refractivity (Wildman–Crippen MR) is 235 cm³/mol. The van der Waals surface area contributed by atoms with Gasteiger partial charge in [-0.3, -0.25) is 0 Å². The predicted octanol–water partition coefficient (Wildman–Crippen LogP) is 12.3. The summed E-state index contributed by atoms with van der Waals surface area (Å²) in [5, 5.41) is 7.07. The van der Waals surface area contributed by atoms with Gasteiger partial charge in [-0.2, -0.15) is 0 Å². The summed E-state index contributed by atoms with van der Waals surface area (Å²) in [4.78, 5) is 0. The Labute approximate surface area is 335 Å². The molecule has 0 unspecified atom stereocenters. The van der Waals surface area contributed by atoms with Gasteiger partial charge in [-0.05, 0) is 93.0 Å². The molecular formula is C52H58N2O2. The number of benzene rings is 6. The van der Waals surface area contributed by atoms with E-state index in [-0.39, 0.29) is 21.7 Å². The third-order valence-corrected chi connectivity index (χ3v) is 12.4. The van der Waals surface area contributed by atoms with E-state index in [2.05, 4.69) is 212 Å². The summed E-state index contributed by atoms with van der Waals surface area (Å²) < 4.78 is 12.3. The van der Waals surface area contributed by atoms with E-state index in [1.165, 1.54) is 44.5 Å². The molecule has 10 aliphatic rings. The van der Waals surface area contributed by atoms with Crippen LogP contribution in [0, 0.1) is 0 Å². The van der Waals surface area contributed by atoms with Crippen LogP contribution in [0.1, 0.15) is 99.9 Å². The van der Waals surface area contributed by atoms with Gasteiger partial charge in [0.05, 0.1) is 0 Å². The van der Waals surface area contributed by atoms with Crippen molar-refractivity contribution in [1.82, 2.24) is 0 Å². The van der Waals surface area contributed by atoms with Crippen LogP contribution in [-0.2, 0) is 21.7 Å². The Morgan fingerprint density at radius 2 is 0.500 bits per heavy atom. The van der Waals surface area contributed by atoms with Crippen molar-refractivity contribution < 1.29 is 9.47 Å². The van der Waals surface area contributed by atoms with Crippen LogP contribution in [0.2, 0.25) is 0 Å². The Morgan fingerprint density at radius 3 is 0.732 bits per heavy atom. The van der Waals surface area contributed by atoms with Gasteiger partial charge in [0.1, 0.15) is 24.7 Å². The lowest BCUT2D eigenvalue weighted by Crippen LogP contribution is -2.22. The lowest BCUT2D eigenvalue weighted by Gasteiger charge is -2.30. The molecule has 2 N–H and O–H groups in total. The SMILES string of the molecule is CC1(C)c2ccc(cc2)NCCOc2ccc(cc2)C(C)(C)c2ccc(cc2)C(C)(C)c2ccc(cc2)OCCNc2ccc(cc2)C(C)(C)c2ccc1cc2. The highest BCUT2D eigenvalue weighted by molar-refractivity contribution is 5.51. The molecule has 4 nitrogen and oxygen atoms in total. The van der Waals surface area contributed by atoms with Crippen LogP contribution in [0.4, 0.5) is 11.4 Å². The first kappa shape index (κ1) is 38.8. The van der Waals surface area contributed by atoms with Gasteiger partial charge in [-0.15, -0.1) is 0 Å². The van der Waals surface area contributed by atoms with Crippen LogP contribution in [0.15, 0.2) is 146 Å². The van der Waals surface area contributed by atoms with Crippen LogP contribution >= 0.6 is 0 Å². The molecule has 10 heterocycles. The molecule has 6 aromatic carbocycles. The van der Waals surface area contributed by atoms with Crippen LogP contribution in [-0.4, -0.2) is 26.3 Å². The zero-order chi connectivity index (χ0) is 39.6. The van der Waals surface area contributed by atoms with E-state index in [9.17, 15) is 0 Å². The Morgan fingerprint density at radius 1 is 0.304 bits per heavy atom. The minimum atomic E-state index is -0.156. The zero-order valence-electron chi connectivity index (χ0n) is 34.5. The fourth-order valence-corrected chi connectivity index (χ4v) is 7.95. The van der Waals surface area contributed by atoms with Crippen molar-refractivity contribution in [2.75, 3.05) is 36.9 Å². The minimum absolute atomic E-state index is 0.138. The molecule has 6 aromatic rings. The van der Waals surface area contributed by atoms with E-state index in [1.807, 2.05) is 0 Å². The third-order valence-electron chi connectivity index (χ3n) is 12.4. The molecule has 16 rings (SSSR count). The molecule has 0 saturated heterocycles. The van der Waals surface area contributed by atoms with Gasteiger partial charge in [0, 0.05) is 46.1 Å². The van der Waals surface area contributed by atoms with E-state index in [4.69, 9.17) is 9.47 Å². The highest BCUT2D eigenvalue weighted by Gasteiger charge is 2.28. The topological polar surface area (TPSA) is 42.5 Å². The van der Waals surface area contributed by atoms with Crippen LogP contribution in [0.3, 0.4) is 0 Å². The summed E-state index contributed by atoms with van der Waals surface area (Å²) in [7, 11) is 0. The van der Waals surface area contributed by atoms with Crippen molar-refractivity contribution in [2.24, 2.45) is 0 Å². The first-order chi connectivity index (χ1) is 26.7. The van der Waals surface area contributed by atoms with E-state index in [0.717, 1.165) is 22.9 Å². The summed E-state index contributed by atoms with van der Waals surface area (Å²) in [6, 6.07) is 53.1. The van der Waals surface area contributed by atoms with Crippen molar-refractivity contribution in [3.8, 4) is 11.5 Å². The van der Waals surface area contributed by atoms with Gasteiger partial charge in [0.25, 0.3) is 0 Å². The monoisotopic (exact) mass is 742 g/mol. The fourth-order valence-electron chi connectivity index (χ4n) is 7.95. The van der Waals surface area contributed by atoms with Crippen molar-refractivity contribution >= 4 is 11.4 Å². The maximum absolute atomic E-state index is 6.15. The Kier molecular flexibility index (Phi) is 10.8. The molecule has 56 heavy (non-hydrogen) atoms. The van der Waals surface area contributed by atoms with Crippen molar-refractivity contribution in [3.63, 3.8) is 0 Å². The quantitative estimate of drug-likeness (QED) is 0.163. The van der Waals surface area contributed by atoms with Crippen molar-refractivity contribution in [3.05, 3.63) is 190 Å². The normalized spacial score (nSPS) is 17.4. The van der Waals surface area contributed by atoms with Gasteiger partial charge in [-0.1, -0.05) is 152 Å². The fraction of sp³-hybridized carbons (Fsp3) is 0.308. The van der Waals surface area contributed by atoms with Crippen LogP contribution in [0.5, 0.6) is 11.5 Å². The average molecular weight is 743 g/mol. The van der Waals surface area contributed by atoms with Crippen molar-refractivity contribution in [1.29, 1.82) is 0 Å². The molecule has 4 heteroatoms. The van der Waals surface area contributed by atoms with Gasteiger partial charge in [0.15, 0.2) is 0 Å². The second kappa shape index (κ2) is 15.6. The van der Waals surface area contributed by atoms with E-state index in [0.29, 0.717) is 26.3 Å². The summed E-state index contributed by atoms with van der Waals surface area (Å²) in [6.07, 6.45) is 0.